The third kappa shape index (κ3) is 4.65. The fourth-order valence-electron chi connectivity index (χ4n) is 3.04. The molecule has 0 saturated carbocycles. The number of imide groups is 1. The molecule has 0 aliphatic carbocycles. The monoisotopic (exact) mass is 410 g/mol. The van der Waals surface area contributed by atoms with Crippen LogP contribution < -0.4 is 10.1 Å². The van der Waals surface area contributed by atoms with Gasteiger partial charge in [-0.2, -0.15) is 0 Å². The molecule has 8 heteroatoms. The largest absolute Gasteiger partial charge is 0.492 e. The van der Waals surface area contributed by atoms with Crippen LogP contribution in [0.1, 0.15) is 33.2 Å². The highest BCUT2D eigenvalue weighted by Crippen LogP contribution is 2.24. The molecule has 1 heterocycles. The number of rotatable bonds is 8. The van der Waals surface area contributed by atoms with E-state index in [2.05, 4.69) is 5.32 Å². The van der Waals surface area contributed by atoms with Crippen LogP contribution in [0.15, 0.2) is 48.5 Å². The number of fused-ring (bicyclic) bond motifs is 1. The summed E-state index contributed by atoms with van der Waals surface area (Å²) in [7, 11) is 0. The third-order valence-corrected chi connectivity index (χ3v) is 4.58. The Morgan fingerprint density at radius 2 is 1.70 bits per heavy atom. The highest BCUT2D eigenvalue weighted by atomic mass is 16.5. The third-order valence-electron chi connectivity index (χ3n) is 4.58. The minimum Gasteiger partial charge on any atom is -0.492 e. The average molecular weight is 410 g/mol. The van der Waals surface area contributed by atoms with Crippen LogP contribution >= 0.6 is 0 Å². The summed E-state index contributed by atoms with van der Waals surface area (Å²) < 4.78 is 10.5. The zero-order valence-electron chi connectivity index (χ0n) is 16.7. The van der Waals surface area contributed by atoms with Gasteiger partial charge in [-0.15, -0.1) is 0 Å². The molecule has 1 aliphatic rings. The molecule has 30 heavy (non-hydrogen) atoms. The number of hydrogen-bond acceptors (Lipinski definition) is 6. The predicted octanol–water partition coefficient (Wildman–Crippen LogP) is 1.72. The van der Waals surface area contributed by atoms with E-state index in [9.17, 15) is 19.2 Å². The topological polar surface area (TPSA) is 102 Å². The van der Waals surface area contributed by atoms with Gasteiger partial charge in [-0.25, -0.2) is 4.79 Å². The number of esters is 1. The molecule has 0 fully saturated rings. The molecule has 3 rings (SSSR count). The molecule has 2 aromatic carbocycles. The second kappa shape index (κ2) is 9.21. The van der Waals surface area contributed by atoms with Gasteiger partial charge in [0, 0.05) is 0 Å². The van der Waals surface area contributed by atoms with Crippen LogP contribution in [0.5, 0.6) is 5.75 Å². The van der Waals surface area contributed by atoms with Crippen LogP contribution in [-0.2, 0) is 14.3 Å². The molecular formula is C22H22N2O6. The minimum atomic E-state index is -1.14. The summed E-state index contributed by atoms with van der Waals surface area (Å²) in [5.74, 6) is -1.76. The van der Waals surface area contributed by atoms with Crippen molar-refractivity contribution in [1.29, 1.82) is 0 Å². The van der Waals surface area contributed by atoms with Gasteiger partial charge in [0.15, 0.2) is 6.61 Å². The van der Waals surface area contributed by atoms with Gasteiger partial charge in [-0.1, -0.05) is 24.3 Å². The van der Waals surface area contributed by atoms with E-state index in [0.29, 0.717) is 5.75 Å². The first-order valence-electron chi connectivity index (χ1n) is 9.48. The van der Waals surface area contributed by atoms with E-state index in [4.69, 9.17) is 9.47 Å². The fraction of sp³-hybridized carbons (Fsp3) is 0.273. The fourth-order valence-corrected chi connectivity index (χ4v) is 3.04. The Hall–Kier alpha value is -3.68. The standard InChI is InChI=1S/C22H22N2O6/c1-14-6-5-7-16(12-14)29-11-10-23-19(25)13-30-22(28)15(2)24-20(26)17-8-3-4-9-18(17)21(24)27/h3-9,12,15H,10-11,13H2,1-2H3,(H,23,25). The van der Waals surface area contributed by atoms with Crippen LogP contribution in [-0.4, -0.2) is 54.4 Å². The van der Waals surface area contributed by atoms with Gasteiger partial charge in [-0.05, 0) is 43.7 Å². The molecule has 0 aromatic heterocycles. The summed E-state index contributed by atoms with van der Waals surface area (Å²) in [5, 5.41) is 2.57. The molecule has 0 bridgehead atoms. The lowest BCUT2D eigenvalue weighted by molar-refractivity contribution is -0.151. The number of aryl methyl sites for hydroxylation is 1. The van der Waals surface area contributed by atoms with Crippen molar-refractivity contribution in [3.05, 3.63) is 65.2 Å². The number of benzene rings is 2. The van der Waals surface area contributed by atoms with E-state index in [0.717, 1.165) is 10.5 Å². The van der Waals surface area contributed by atoms with Gasteiger partial charge < -0.3 is 14.8 Å². The number of hydrogen-bond donors (Lipinski definition) is 1. The van der Waals surface area contributed by atoms with E-state index in [1.807, 2.05) is 31.2 Å². The lowest BCUT2D eigenvalue weighted by atomic mass is 10.1. The van der Waals surface area contributed by atoms with Gasteiger partial charge in [0.25, 0.3) is 17.7 Å². The summed E-state index contributed by atoms with van der Waals surface area (Å²) in [6.07, 6.45) is 0. The quantitative estimate of drug-likeness (QED) is 0.404. The van der Waals surface area contributed by atoms with E-state index in [1.165, 1.54) is 19.1 Å². The molecular weight excluding hydrogens is 388 g/mol. The van der Waals surface area contributed by atoms with Crippen LogP contribution in [0.3, 0.4) is 0 Å². The molecule has 8 nitrogen and oxygen atoms in total. The number of ether oxygens (including phenoxy) is 2. The van der Waals surface area contributed by atoms with Crippen molar-refractivity contribution in [2.75, 3.05) is 19.8 Å². The highest BCUT2D eigenvalue weighted by molar-refractivity contribution is 6.22. The first kappa shape index (κ1) is 21.0. The molecule has 2 aromatic rings. The summed E-state index contributed by atoms with van der Waals surface area (Å²) in [4.78, 5) is 49.8. The van der Waals surface area contributed by atoms with Gasteiger partial charge >= 0.3 is 5.97 Å². The Morgan fingerprint density at radius 1 is 1.03 bits per heavy atom. The van der Waals surface area contributed by atoms with E-state index in [-0.39, 0.29) is 24.3 Å². The van der Waals surface area contributed by atoms with Crippen molar-refractivity contribution >= 4 is 23.7 Å². The number of amides is 3. The summed E-state index contributed by atoms with van der Waals surface area (Å²) in [6.45, 7) is 3.31. The van der Waals surface area contributed by atoms with E-state index < -0.39 is 36.3 Å². The van der Waals surface area contributed by atoms with Crippen molar-refractivity contribution < 1.29 is 28.7 Å². The van der Waals surface area contributed by atoms with Crippen LogP contribution in [0, 0.1) is 6.92 Å². The molecule has 0 radical (unpaired) electrons. The lowest BCUT2D eigenvalue weighted by Gasteiger charge is -2.20. The Bertz CT molecular complexity index is 952. The zero-order valence-corrected chi connectivity index (χ0v) is 16.7. The molecule has 1 atom stereocenters. The predicted molar refractivity (Wildman–Crippen MR) is 107 cm³/mol. The van der Waals surface area contributed by atoms with Gasteiger partial charge in [-0.3, -0.25) is 19.3 Å². The van der Waals surface area contributed by atoms with Gasteiger partial charge in [0.1, 0.15) is 18.4 Å². The maximum absolute atomic E-state index is 12.4. The second-order valence-corrected chi connectivity index (χ2v) is 6.82. The van der Waals surface area contributed by atoms with Crippen LogP contribution in [0.2, 0.25) is 0 Å². The van der Waals surface area contributed by atoms with Crippen LogP contribution in [0.25, 0.3) is 0 Å². The second-order valence-electron chi connectivity index (χ2n) is 6.82. The van der Waals surface area contributed by atoms with E-state index >= 15 is 0 Å². The number of nitrogens with zero attached hydrogens (tertiary/aromatic N) is 1. The van der Waals surface area contributed by atoms with E-state index in [1.54, 1.807) is 12.1 Å². The molecule has 1 N–H and O–H groups in total. The smallest absolute Gasteiger partial charge is 0.329 e. The summed E-state index contributed by atoms with van der Waals surface area (Å²) >= 11 is 0. The number of nitrogens with one attached hydrogen (secondary N) is 1. The van der Waals surface area contributed by atoms with Crippen molar-refractivity contribution in [3.63, 3.8) is 0 Å². The molecule has 156 valence electrons. The molecule has 1 aliphatic heterocycles. The van der Waals surface area contributed by atoms with Crippen molar-refractivity contribution in [2.24, 2.45) is 0 Å². The molecule has 0 saturated heterocycles. The van der Waals surface area contributed by atoms with Gasteiger partial charge in [0.2, 0.25) is 0 Å². The Balaban J connectivity index is 1.42. The SMILES string of the molecule is Cc1cccc(OCCNC(=O)COC(=O)C(C)N2C(=O)c3ccccc3C2=O)c1. The summed E-state index contributed by atoms with van der Waals surface area (Å²) in [6, 6.07) is 12.7. The first-order valence-corrected chi connectivity index (χ1v) is 9.48. The van der Waals surface area contributed by atoms with Crippen LogP contribution in [0.4, 0.5) is 0 Å². The Labute approximate surface area is 173 Å². The van der Waals surface area contributed by atoms with Crippen molar-refractivity contribution in [1.82, 2.24) is 10.2 Å². The Kier molecular flexibility index (Phi) is 6.46. The maximum Gasteiger partial charge on any atom is 0.329 e. The number of carbonyl (C=O) groups excluding carboxylic acids is 4. The van der Waals surface area contributed by atoms with Gasteiger partial charge in [0.05, 0.1) is 17.7 Å². The zero-order chi connectivity index (χ0) is 21.7. The maximum atomic E-state index is 12.4. The number of carbonyl (C=O) groups is 4. The minimum absolute atomic E-state index is 0.234. The first-order chi connectivity index (χ1) is 14.4. The molecule has 1 unspecified atom stereocenters. The normalized spacial score (nSPS) is 13.6. The van der Waals surface area contributed by atoms with Crippen molar-refractivity contribution in [2.45, 2.75) is 19.9 Å². The van der Waals surface area contributed by atoms with Crippen molar-refractivity contribution in [3.8, 4) is 5.75 Å². The highest BCUT2D eigenvalue weighted by Gasteiger charge is 2.41. The molecule has 0 spiro atoms. The lowest BCUT2D eigenvalue weighted by Crippen LogP contribution is -2.44. The average Bonchev–Trinajstić information content (AvgIpc) is 2.99. The Morgan fingerprint density at radius 3 is 2.33 bits per heavy atom. The summed E-state index contributed by atoms with van der Waals surface area (Å²) in [5.41, 5.74) is 1.55. The molecule has 3 amide bonds.